The van der Waals surface area contributed by atoms with Crippen molar-refractivity contribution in [1.29, 1.82) is 0 Å². The summed E-state index contributed by atoms with van der Waals surface area (Å²) in [7, 11) is -3.21. The Kier molecular flexibility index (Phi) is 8.06. The number of carbonyl (C=O) groups excluding carboxylic acids is 1. The SMILES string of the molecule is CS(=O)(=O)N1CCC[C@H](C(=O)NCCCN2CCN(Cc3ccccc3)CC2)C1. The topological polar surface area (TPSA) is 73.0 Å². The molecule has 2 saturated heterocycles. The molecule has 0 unspecified atom stereocenters. The van der Waals surface area contributed by atoms with Crippen LogP contribution in [0.1, 0.15) is 24.8 Å². The number of piperidine rings is 1. The second-order valence-corrected chi connectivity index (χ2v) is 10.2. The second-order valence-electron chi connectivity index (χ2n) is 8.21. The first-order chi connectivity index (χ1) is 13.9. The predicted molar refractivity (Wildman–Crippen MR) is 115 cm³/mol. The first-order valence-corrected chi connectivity index (χ1v) is 12.5. The highest BCUT2D eigenvalue weighted by Crippen LogP contribution is 2.18. The van der Waals surface area contributed by atoms with E-state index in [9.17, 15) is 13.2 Å². The monoisotopic (exact) mass is 422 g/mol. The number of sulfonamides is 1. The van der Waals surface area contributed by atoms with Gasteiger partial charge in [-0.1, -0.05) is 30.3 Å². The molecular weight excluding hydrogens is 388 g/mol. The minimum atomic E-state index is -3.21. The number of benzene rings is 1. The van der Waals surface area contributed by atoms with Gasteiger partial charge in [-0.2, -0.15) is 0 Å². The van der Waals surface area contributed by atoms with Crippen LogP contribution >= 0.6 is 0 Å². The normalized spacial score (nSPS) is 22.4. The zero-order chi connectivity index (χ0) is 20.7. The van der Waals surface area contributed by atoms with Gasteiger partial charge in [0.2, 0.25) is 15.9 Å². The van der Waals surface area contributed by atoms with E-state index in [-0.39, 0.29) is 11.8 Å². The minimum Gasteiger partial charge on any atom is -0.356 e. The van der Waals surface area contributed by atoms with Crippen molar-refractivity contribution in [3.8, 4) is 0 Å². The molecule has 1 amide bonds. The van der Waals surface area contributed by atoms with E-state index in [1.165, 1.54) is 16.1 Å². The van der Waals surface area contributed by atoms with E-state index < -0.39 is 10.0 Å². The predicted octanol–water partition coefficient (Wildman–Crippen LogP) is 0.982. The molecule has 0 spiro atoms. The van der Waals surface area contributed by atoms with Gasteiger partial charge in [0.1, 0.15) is 0 Å². The van der Waals surface area contributed by atoms with Gasteiger partial charge < -0.3 is 10.2 Å². The largest absolute Gasteiger partial charge is 0.356 e. The standard InChI is InChI=1S/C21H34N4O3S/c1-29(27,28)25-12-5-9-20(18-25)21(26)22-10-6-11-23-13-15-24(16-14-23)17-19-7-3-2-4-8-19/h2-4,7-8,20H,5-6,9-18H2,1H3,(H,22,26)/t20-/m0/s1. The van der Waals surface area contributed by atoms with Gasteiger partial charge >= 0.3 is 0 Å². The third kappa shape index (κ3) is 7.06. The van der Waals surface area contributed by atoms with Crippen LogP contribution in [0.15, 0.2) is 30.3 Å². The Labute approximate surface area is 175 Å². The Balaban J connectivity index is 1.29. The molecule has 1 N–H and O–H groups in total. The lowest BCUT2D eigenvalue weighted by Crippen LogP contribution is -2.47. The summed E-state index contributed by atoms with van der Waals surface area (Å²) in [4.78, 5) is 17.3. The molecule has 2 fully saturated rings. The molecule has 29 heavy (non-hydrogen) atoms. The van der Waals surface area contributed by atoms with Crippen molar-refractivity contribution >= 4 is 15.9 Å². The van der Waals surface area contributed by atoms with Crippen molar-refractivity contribution in [2.24, 2.45) is 5.92 Å². The van der Waals surface area contributed by atoms with Gasteiger partial charge in [0.05, 0.1) is 12.2 Å². The lowest BCUT2D eigenvalue weighted by Gasteiger charge is -2.34. The third-order valence-electron chi connectivity index (χ3n) is 5.89. The fourth-order valence-corrected chi connectivity index (χ4v) is 5.04. The first-order valence-electron chi connectivity index (χ1n) is 10.6. The fourth-order valence-electron chi connectivity index (χ4n) is 4.13. The summed E-state index contributed by atoms with van der Waals surface area (Å²) in [5.41, 5.74) is 1.36. The highest BCUT2D eigenvalue weighted by molar-refractivity contribution is 7.88. The van der Waals surface area contributed by atoms with Crippen LogP contribution in [0.2, 0.25) is 0 Å². The summed E-state index contributed by atoms with van der Waals surface area (Å²) in [6.45, 7) is 7.76. The summed E-state index contributed by atoms with van der Waals surface area (Å²) >= 11 is 0. The molecule has 8 heteroatoms. The quantitative estimate of drug-likeness (QED) is 0.633. The molecule has 1 aromatic carbocycles. The van der Waals surface area contributed by atoms with E-state index in [1.54, 1.807) is 0 Å². The summed E-state index contributed by atoms with van der Waals surface area (Å²) in [6, 6.07) is 10.6. The highest BCUT2D eigenvalue weighted by atomic mass is 32.2. The van der Waals surface area contributed by atoms with E-state index >= 15 is 0 Å². The Bertz CT molecular complexity index is 748. The van der Waals surface area contributed by atoms with Crippen LogP contribution in [0.4, 0.5) is 0 Å². The summed E-state index contributed by atoms with van der Waals surface area (Å²) < 4.78 is 24.8. The highest BCUT2D eigenvalue weighted by Gasteiger charge is 2.29. The minimum absolute atomic E-state index is 0.00831. The van der Waals surface area contributed by atoms with Gasteiger partial charge in [-0.3, -0.25) is 9.69 Å². The number of rotatable bonds is 8. The van der Waals surface area contributed by atoms with Gasteiger partial charge in [0, 0.05) is 52.4 Å². The van der Waals surface area contributed by atoms with Crippen LogP contribution in [-0.4, -0.2) is 87.0 Å². The lowest BCUT2D eigenvalue weighted by atomic mass is 9.99. The third-order valence-corrected chi connectivity index (χ3v) is 7.16. The maximum absolute atomic E-state index is 12.4. The molecule has 0 aliphatic carbocycles. The average Bonchev–Trinajstić information content (AvgIpc) is 2.72. The van der Waals surface area contributed by atoms with Crippen LogP contribution in [-0.2, 0) is 21.4 Å². The zero-order valence-electron chi connectivity index (χ0n) is 17.4. The second kappa shape index (κ2) is 10.5. The van der Waals surface area contributed by atoms with Crippen molar-refractivity contribution in [3.63, 3.8) is 0 Å². The number of piperazine rings is 1. The lowest BCUT2D eigenvalue weighted by molar-refractivity contribution is -0.126. The molecule has 2 aliphatic heterocycles. The molecule has 0 aromatic heterocycles. The summed E-state index contributed by atoms with van der Waals surface area (Å²) in [5.74, 6) is -0.231. The number of nitrogens with zero attached hydrogens (tertiary/aromatic N) is 3. The van der Waals surface area contributed by atoms with Gasteiger partial charge in [-0.25, -0.2) is 12.7 Å². The van der Waals surface area contributed by atoms with Crippen molar-refractivity contribution in [3.05, 3.63) is 35.9 Å². The van der Waals surface area contributed by atoms with Crippen LogP contribution in [0.25, 0.3) is 0 Å². The van der Waals surface area contributed by atoms with E-state index in [0.717, 1.165) is 58.5 Å². The van der Waals surface area contributed by atoms with Gasteiger partial charge in [-0.05, 0) is 31.4 Å². The molecule has 0 radical (unpaired) electrons. The van der Waals surface area contributed by atoms with E-state index in [0.29, 0.717) is 19.6 Å². The van der Waals surface area contributed by atoms with E-state index in [2.05, 4.69) is 45.4 Å². The van der Waals surface area contributed by atoms with Gasteiger partial charge in [0.25, 0.3) is 0 Å². The Morgan fingerprint density at radius 3 is 2.45 bits per heavy atom. The van der Waals surface area contributed by atoms with Gasteiger partial charge in [0.15, 0.2) is 0 Å². The number of hydrogen-bond donors (Lipinski definition) is 1. The molecule has 0 bridgehead atoms. The number of carbonyl (C=O) groups is 1. The van der Waals surface area contributed by atoms with E-state index in [4.69, 9.17) is 0 Å². The molecule has 0 saturated carbocycles. The smallest absolute Gasteiger partial charge is 0.224 e. The maximum atomic E-state index is 12.4. The van der Waals surface area contributed by atoms with E-state index in [1.807, 2.05) is 0 Å². The van der Waals surface area contributed by atoms with Crippen molar-refractivity contribution in [1.82, 2.24) is 19.4 Å². The molecule has 3 rings (SSSR count). The van der Waals surface area contributed by atoms with Crippen molar-refractivity contribution < 1.29 is 13.2 Å². The van der Waals surface area contributed by atoms with Crippen LogP contribution in [0.5, 0.6) is 0 Å². The van der Waals surface area contributed by atoms with Gasteiger partial charge in [-0.15, -0.1) is 0 Å². The van der Waals surface area contributed by atoms with Crippen molar-refractivity contribution in [2.75, 3.05) is 58.6 Å². The molecular formula is C21H34N4O3S. The Hall–Kier alpha value is -1.48. The fraction of sp³-hybridized carbons (Fsp3) is 0.667. The Morgan fingerprint density at radius 1 is 1.07 bits per heavy atom. The number of hydrogen-bond acceptors (Lipinski definition) is 5. The average molecular weight is 423 g/mol. The molecule has 1 aromatic rings. The summed E-state index contributed by atoms with van der Waals surface area (Å²) in [5, 5.41) is 3.01. The number of nitrogens with one attached hydrogen (secondary N) is 1. The van der Waals surface area contributed by atoms with Crippen molar-refractivity contribution in [2.45, 2.75) is 25.8 Å². The molecule has 162 valence electrons. The Morgan fingerprint density at radius 2 is 1.76 bits per heavy atom. The molecule has 7 nitrogen and oxygen atoms in total. The molecule has 2 aliphatic rings. The maximum Gasteiger partial charge on any atom is 0.224 e. The van der Waals surface area contributed by atoms with Crippen LogP contribution in [0, 0.1) is 5.92 Å². The zero-order valence-corrected chi connectivity index (χ0v) is 18.2. The molecule has 1 atom stereocenters. The number of amides is 1. The van der Waals surface area contributed by atoms with Crippen LogP contribution in [0.3, 0.4) is 0 Å². The molecule has 2 heterocycles. The van der Waals surface area contributed by atoms with Crippen LogP contribution < -0.4 is 5.32 Å². The first kappa shape index (κ1) is 22.2. The summed E-state index contributed by atoms with van der Waals surface area (Å²) in [6.07, 6.45) is 3.65.